The number of benzene rings is 1. The summed E-state index contributed by atoms with van der Waals surface area (Å²) in [4.78, 5) is 0. The number of hydrogen-bond acceptors (Lipinski definition) is 4. The average Bonchev–Trinajstić information content (AvgIpc) is 2.45. The van der Waals surface area contributed by atoms with Gasteiger partial charge in [0, 0.05) is 12.6 Å². The van der Waals surface area contributed by atoms with Crippen LogP contribution in [0.3, 0.4) is 0 Å². The first kappa shape index (κ1) is 15.1. The largest absolute Gasteiger partial charge is 0.490 e. The molecule has 1 fully saturated rings. The summed E-state index contributed by atoms with van der Waals surface area (Å²) in [6.45, 7) is 4.87. The number of rotatable bonds is 6. The van der Waals surface area contributed by atoms with Crippen LogP contribution in [0.1, 0.15) is 18.4 Å². The van der Waals surface area contributed by atoms with E-state index in [-0.39, 0.29) is 0 Å². The van der Waals surface area contributed by atoms with E-state index in [1.54, 1.807) is 6.08 Å². The first-order chi connectivity index (χ1) is 9.59. The predicted octanol–water partition coefficient (Wildman–Crippen LogP) is 1.92. The van der Waals surface area contributed by atoms with Crippen LogP contribution >= 0.6 is 0 Å². The highest BCUT2D eigenvalue weighted by Gasteiger charge is 2.22. The second-order valence-electron chi connectivity index (χ2n) is 5.05. The molecule has 0 aromatic heterocycles. The Bertz CT molecular complexity index is 523. The van der Waals surface area contributed by atoms with Crippen LogP contribution in [-0.2, 0) is 16.4 Å². The molecule has 5 heteroatoms. The molecule has 0 unspecified atom stereocenters. The van der Waals surface area contributed by atoms with Gasteiger partial charge in [0.2, 0.25) is 0 Å². The fourth-order valence-electron chi connectivity index (χ4n) is 2.22. The number of sulfone groups is 1. The van der Waals surface area contributed by atoms with Crippen molar-refractivity contribution < 1.29 is 13.2 Å². The molecule has 0 aliphatic carbocycles. The van der Waals surface area contributed by atoms with Crippen LogP contribution in [0.2, 0.25) is 0 Å². The molecule has 20 heavy (non-hydrogen) atoms. The van der Waals surface area contributed by atoms with Crippen molar-refractivity contribution in [2.75, 3.05) is 18.1 Å². The topological polar surface area (TPSA) is 55.4 Å². The highest BCUT2D eigenvalue weighted by Crippen LogP contribution is 2.15. The fourth-order valence-corrected chi connectivity index (χ4v) is 3.71. The van der Waals surface area contributed by atoms with Crippen molar-refractivity contribution >= 4 is 9.84 Å². The van der Waals surface area contributed by atoms with Crippen LogP contribution in [0.15, 0.2) is 36.9 Å². The number of ether oxygens (including phenoxy) is 1. The molecule has 0 saturated carbocycles. The lowest BCUT2D eigenvalue weighted by molar-refractivity contribution is 0.363. The minimum Gasteiger partial charge on any atom is -0.490 e. The lowest BCUT2D eigenvalue weighted by atomic mass is 10.1. The molecule has 0 spiro atoms. The molecule has 4 nitrogen and oxygen atoms in total. The summed E-state index contributed by atoms with van der Waals surface area (Å²) < 4.78 is 28.1. The van der Waals surface area contributed by atoms with Gasteiger partial charge in [-0.15, -0.1) is 0 Å². The van der Waals surface area contributed by atoms with Crippen LogP contribution < -0.4 is 10.1 Å². The third kappa shape index (κ3) is 4.65. The standard InChI is InChI=1S/C15H21NO3S/c1-2-9-19-15-5-3-13(4-6-15)12-16-14-7-10-20(17,18)11-8-14/h2-6,14,16H,1,7-12H2. The van der Waals surface area contributed by atoms with Crippen molar-refractivity contribution in [3.8, 4) is 5.75 Å². The SMILES string of the molecule is C=CCOc1ccc(CNC2CCS(=O)(=O)CC2)cc1. The van der Waals surface area contributed by atoms with E-state index in [1.165, 1.54) is 5.56 Å². The first-order valence-corrected chi connectivity index (χ1v) is 8.67. The van der Waals surface area contributed by atoms with Crippen molar-refractivity contribution in [2.45, 2.75) is 25.4 Å². The minimum absolute atomic E-state index is 0.301. The Hall–Kier alpha value is -1.33. The van der Waals surface area contributed by atoms with E-state index >= 15 is 0 Å². The number of nitrogens with one attached hydrogen (secondary N) is 1. The summed E-state index contributed by atoms with van der Waals surface area (Å²) in [6.07, 6.45) is 3.14. The van der Waals surface area contributed by atoms with Gasteiger partial charge in [-0.1, -0.05) is 24.8 Å². The Morgan fingerprint density at radius 1 is 1.25 bits per heavy atom. The molecule has 1 aliphatic heterocycles. The smallest absolute Gasteiger partial charge is 0.150 e. The molecule has 2 rings (SSSR count). The molecule has 1 N–H and O–H groups in total. The van der Waals surface area contributed by atoms with Crippen LogP contribution in [0, 0.1) is 0 Å². The summed E-state index contributed by atoms with van der Waals surface area (Å²) in [5.41, 5.74) is 1.17. The normalized spacial score (nSPS) is 18.6. The lowest BCUT2D eigenvalue weighted by Gasteiger charge is -2.23. The zero-order valence-electron chi connectivity index (χ0n) is 11.5. The van der Waals surface area contributed by atoms with Crippen molar-refractivity contribution in [3.63, 3.8) is 0 Å². The molecule has 1 heterocycles. The van der Waals surface area contributed by atoms with Crippen molar-refractivity contribution in [2.24, 2.45) is 0 Å². The Kier molecular flexibility index (Phi) is 5.20. The van der Waals surface area contributed by atoms with Crippen LogP contribution in [0.4, 0.5) is 0 Å². The van der Waals surface area contributed by atoms with E-state index in [2.05, 4.69) is 11.9 Å². The van der Waals surface area contributed by atoms with Gasteiger partial charge in [-0.3, -0.25) is 0 Å². The van der Waals surface area contributed by atoms with Crippen molar-refractivity contribution in [1.82, 2.24) is 5.32 Å². The van der Waals surface area contributed by atoms with E-state index in [0.29, 0.717) is 37.0 Å². The van der Waals surface area contributed by atoms with Gasteiger partial charge in [-0.25, -0.2) is 8.42 Å². The lowest BCUT2D eigenvalue weighted by Crippen LogP contribution is -2.37. The average molecular weight is 295 g/mol. The van der Waals surface area contributed by atoms with Crippen LogP contribution in [0.5, 0.6) is 5.75 Å². The molecule has 1 aromatic carbocycles. The quantitative estimate of drug-likeness (QED) is 0.815. The Balaban J connectivity index is 1.78. The molecule has 0 radical (unpaired) electrons. The van der Waals surface area contributed by atoms with E-state index in [0.717, 1.165) is 12.3 Å². The zero-order chi connectivity index (χ0) is 14.4. The molecule has 1 saturated heterocycles. The van der Waals surface area contributed by atoms with Crippen LogP contribution in [0.25, 0.3) is 0 Å². The maximum absolute atomic E-state index is 11.3. The first-order valence-electron chi connectivity index (χ1n) is 6.85. The van der Waals surface area contributed by atoms with Gasteiger partial charge in [0.15, 0.2) is 0 Å². The summed E-state index contributed by atoms with van der Waals surface area (Å²) >= 11 is 0. The van der Waals surface area contributed by atoms with E-state index < -0.39 is 9.84 Å². The van der Waals surface area contributed by atoms with Gasteiger partial charge in [0.05, 0.1) is 11.5 Å². The molecule has 0 bridgehead atoms. The molecule has 0 atom stereocenters. The van der Waals surface area contributed by atoms with Crippen molar-refractivity contribution in [3.05, 3.63) is 42.5 Å². The third-order valence-corrected chi connectivity index (χ3v) is 5.16. The summed E-state index contributed by atoms with van der Waals surface area (Å²) in [6, 6.07) is 8.21. The zero-order valence-corrected chi connectivity index (χ0v) is 12.4. The Morgan fingerprint density at radius 2 is 1.90 bits per heavy atom. The molecule has 110 valence electrons. The molecular formula is C15H21NO3S. The minimum atomic E-state index is -2.78. The third-order valence-electron chi connectivity index (χ3n) is 3.44. The van der Waals surface area contributed by atoms with Gasteiger partial charge in [-0.2, -0.15) is 0 Å². The van der Waals surface area contributed by atoms with E-state index in [9.17, 15) is 8.42 Å². The maximum atomic E-state index is 11.3. The Labute approximate surface area is 120 Å². The van der Waals surface area contributed by atoms with Gasteiger partial charge >= 0.3 is 0 Å². The molecule has 1 aliphatic rings. The van der Waals surface area contributed by atoms with Crippen LogP contribution in [-0.4, -0.2) is 32.6 Å². The van der Waals surface area contributed by atoms with E-state index in [4.69, 9.17) is 4.74 Å². The van der Waals surface area contributed by atoms with Gasteiger partial charge in [-0.05, 0) is 30.5 Å². The summed E-state index contributed by atoms with van der Waals surface area (Å²) in [5, 5.41) is 3.42. The molecule has 1 aromatic rings. The second kappa shape index (κ2) is 6.90. The monoisotopic (exact) mass is 295 g/mol. The second-order valence-corrected chi connectivity index (χ2v) is 7.35. The Morgan fingerprint density at radius 3 is 2.50 bits per heavy atom. The summed E-state index contributed by atoms with van der Waals surface area (Å²) in [5.74, 6) is 1.44. The van der Waals surface area contributed by atoms with E-state index in [1.807, 2.05) is 24.3 Å². The molecular weight excluding hydrogens is 274 g/mol. The van der Waals surface area contributed by atoms with Gasteiger partial charge in [0.1, 0.15) is 22.2 Å². The highest BCUT2D eigenvalue weighted by atomic mass is 32.2. The van der Waals surface area contributed by atoms with Gasteiger partial charge in [0.25, 0.3) is 0 Å². The maximum Gasteiger partial charge on any atom is 0.150 e. The predicted molar refractivity (Wildman–Crippen MR) is 80.6 cm³/mol. The number of hydrogen-bond donors (Lipinski definition) is 1. The molecule has 0 amide bonds. The fraction of sp³-hybridized carbons (Fsp3) is 0.467. The van der Waals surface area contributed by atoms with Gasteiger partial charge < -0.3 is 10.1 Å². The highest BCUT2D eigenvalue weighted by molar-refractivity contribution is 7.91. The van der Waals surface area contributed by atoms with Crippen molar-refractivity contribution in [1.29, 1.82) is 0 Å². The summed E-state index contributed by atoms with van der Waals surface area (Å²) in [7, 11) is -2.78.